The van der Waals surface area contributed by atoms with Gasteiger partial charge in [0, 0.05) is 47.3 Å². The van der Waals surface area contributed by atoms with E-state index >= 15 is 0 Å². The fraction of sp³-hybridized carbons (Fsp3) is 0.143. The lowest BCUT2D eigenvalue weighted by Gasteiger charge is -2.20. The van der Waals surface area contributed by atoms with E-state index in [9.17, 15) is 0 Å². The number of fused-ring (bicyclic) bond motifs is 4. The molecule has 1 aliphatic heterocycles. The Bertz CT molecular complexity index is 3230. The van der Waals surface area contributed by atoms with Gasteiger partial charge >= 0.3 is 11.7 Å². The van der Waals surface area contributed by atoms with Crippen LogP contribution in [-0.2, 0) is 10.8 Å². The Morgan fingerprint density at radius 2 is 1.15 bits per heavy atom. The molecule has 2 aromatic heterocycles. The second kappa shape index (κ2) is 14.7. The predicted molar refractivity (Wildman–Crippen MR) is 254 cm³/mol. The maximum absolute atomic E-state index is 6.75. The van der Waals surface area contributed by atoms with Gasteiger partial charge in [-0.1, -0.05) is 133 Å². The maximum Gasteiger partial charge on any atom is 0.503 e. The highest BCUT2D eigenvalue weighted by atomic mass is 16.5. The number of ether oxygens (including phenoxy) is 1. The van der Waals surface area contributed by atoms with Gasteiger partial charge in [0.25, 0.3) is 5.69 Å². The van der Waals surface area contributed by atoms with Crippen molar-refractivity contribution < 1.29 is 4.74 Å². The van der Waals surface area contributed by atoms with Crippen molar-refractivity contribution >= 4 is 50.6 Å². The molecule has 5 heteroatoms. The van der Waals surface area contributed by atoms with Crippen LogP contribution in [0.2, 0.25) is 0 Å². The normalized spacial score (nSPS) is 12.7. The monoisotopic (exact) mass is 792 g/mol. The molecular weight excluding hydrogens is 745 g/mol. The lowest BCUT2D eigenvalue weighted by atomic mass is 9.87. The summed E-state index contributed by atoms with van der Waals surface area (Å²) < 4.78 is 13.4. The summed E-state index contributed by atoms with van der Waals surface area (Å²) in [4.78, 5) is 4.88. The van der Waals surface area contributed by atoms with Crippen molar-refractivity contribution in [3.63, 3.8) is 0 Å². The van der Waals surface area contributed by atoms with Crippen LogP contribution in [0.25, 0.3) is 49.9 Å². The molecule has 61 heavy (non-hydrogen) atoms. The van der Waals surface area contributed by atoms with Crippen LogP contribution in [0.5, 0.6) is 11.5 Å². The molecule has 5 nitrogen and oxygen atoms in total. The van der Waals surface area contributed by atoms with E-state index in [1.165, 1.54) is 27.6 Å². The summed E-state index contributed by atoms with van der Waals surface area (Å²) in [6.07, 6.45) is 1.92. The number of para-hydroxylation sites is 2. The molecule has 0 N–H and O–H groups in total. The third kappa shape index (κ3) is 7.03. The van der Waals surface area contributed by atoms with Gasteiger partial charge in [-0.15, -0.1) is 0 Å². The van der Waals surface area contributed by atoms with E-state index in [-0.39, 0.29) is 10.8 Å². The molecule has 0 atom stereocenters. The van der Waals surface area contributed by atoms with Crippen LogP contribution in [-0.4, -0.2) is 15.6 Å². The van der Waals surface area contributed by atoms with Gasteiger partial charge in [-0.3, -0.25) is 4.57 Å². The minimum Gasteiger partial charge on any atom is -0.457 e. The minimum atomic E-state index is -0.0161. The summed E-state index contributed by atoms with van der Waals surface area (Å²) in [7, 11) is 0. The van der Waals surface area contributed by atoms with Gasteiger partial charge in [0.15, 0.2) is 0 Å². The Labute approximate surface area is 357 Å². The molecule has 0 saturated carbocycles. The fourth-order valence-electron chi connectivity index (χ4n) is 8.47. The Hall–Kier alpha value is -7.33. The number of rotatable bonds is 7. The average molecular weight is 793 g/mol. The van der Waals surface area contributed by atoms with Gasteiger partial charge < -0.3 is 4.74 Å². The van der Waals surface area contributed by atoms with E-state index in [0.29, 0.717) is 0 Å². The van der Waals surface area contributed by atoms with Gasteiger partial charge in [-0.2, -0.15) is 0 Å². The highest BCUT2D eigenvalue weighted by Crippen LogP contribution is 2.45. The average Bonchev–Trinajstić information content (AvgIpc) is 3.83. The summed E-state index contributed by atoms with van der Waals surface area (Å²) in [6.45, 7) is 13.5. The van der Waals surface area contributed by atoms with Crippen molar-refractivity contribution in [2.45, 2.75) is 52.4 Å². The zero-order chi connectivity index (χ0) is 41.9. The molecule has 0 amide bonds. The lowest BCUT2D eigenvalue weighted by molar-refractivity contribution is 0.483. The minimum absolute atomic E-state index is 0.0110. The largest absolute Gasteiger partial charge is 0.503 e. The molecule has 0 radical (unpaired) electrons. The molecular formula is C56H48N4O+2. The second-order valence-corrected chi connectivity index (χ2v) is 18.0. The van der Waals surface area contributed by atoms with E-state index in [1.807, 2.05) is 12.3 Å². The van der Waals surface area contributed by atoms with Crippen LogP contribution in [0.15, 0.2) is 182 Å². The number of aromatic nitrogens is 2. The van der Waals surface area contributed by atoms with Crippen molar-refractivity contribution in [1.29, 1.82) is 0 Å². The zero-order valence-corrected chi connectivity index (χ0v) is 35.5. The predicted octanol–water partition coefficient (Wildman–Crippen LogP) is 14.8. The molecule has 0 saturated heterocycles. The fourth-order valence-corrected chi connectivity index (χ4v) is 8.47. The van der Waals surface area contributed by atoms with Crippen LogP contribution in [0, 0.1) is 0 Å². The highest BCUT2D eigenvalue weighted by Gasteiger charge is 2.40. The summed E-state index contributed by atoms with van der Waals surface area (Å²) in [5.74, 6) is 2.37. The number of benzene rings is 7. The highest BCUT2D eigenvalue weighted by molar-refractivity contribution is 6.09. The molecule has 0 spiro atoms. The summed E-state index contributed by atoms with van der Waals surface area (Å²) in [6, 6.07) is 66.1. The number of hydrogen-bond donors (Lipinski definition) is 0. The van der Waals surface area contributed by atoms with Gasteiger partial charge in [-0.05, 0) is 96.3 Å². The molecule has 296 valence electrons. The topological polar surface area (TPSA) is 33.1 Å². The van der Waals surface area contributed by atoms with Gasteiger partial charge in [0.2, 0.25) is 11.4 Å². The maximum atomic E-state index is 6.75. The third-order valence-corrected chi connectivity index (χ3v) is 11.7. The van der Waals surface area contributed by atoms with Crippen LogP contribution in [0.4, 0.5) is 22.7 Å². The summed E-state index contributed by atoms with van der Waals surface area (Å²) >= 11 is 0. The Morgan fingerprint density at radius 1 is 0.492 bits per heavy atom. The standard InChI is InChI=1S/C56H48N4O/c1-55(2,3)41-20-13-21-43(33-41)59-37-58(51-27-15-25-47(54(51)59)40-19-12-18-39(32-40)38-16-8-7-9-17-38)44-22-14-23-45(35-44)61-46-28-29-49-48-24-10-11-26-50(48)60(52(49)36-46)53-34-42(30-31-57-53)56(4,5)6/h7-36H,1-6H3/q+2. The number of pyridine rings is 1. The van der Waals surface area contributed by atoms with Crippen molar-refractivity contribution in [2.75, 3.05) is 0 Å². The Morgan fingerprint density at radius 3 is 1.97 bits per heavy atom. The smallest absolute Gasteiger partial charge is 0.457 e. The van der Waals surface area contributed by atoms with Crippen LogP contribution < -0.4 is 13.9 Å². The third-order valence-electron chi connectivity index (χ3n) is 11.7. The molecule has 0 bridgehead atoms. The first-order valence-corrected chi connectivity index (χ1v) is 21.0. The van der Waals surface area contributed by atoms with E-state index < -0.39 is 0 Å². The molecule has 9 aromatic rings. The molecule has 0 fully saturated rings. The van der Waals surface area contributed by atoms with Crippen LogP contribution in [0.1, 0.15) is 52.7 Å². The SMILES string of the molecule is CC(C)(C)c1cccc([N+]2=C=[N+](c3cccc(Oc4ccc5c6ccccc6n(-c6cc(C(C)(C)C)ccn6)c5c4)c3)c3cccc(-c4cccc(-c5ccccc5)c4)c32)c1. The van der Waals surface area contributed by atoms with Crippen LogP contribution >= 0.6 is 0 Å². The molecule has 7 aromatic carbocycles. The van der Waals surface area contributed by atoms with E-state index in [0.717, 1.165) is 67.6 Å². The molecule has 10 rings (SSSR count). The first-order valence-electron chi connectivity index (χ1n) is 21.0. The van der Waals surface area contributed by atoms with Crippen molar-refractivity contribution in [1.82, 2.24) is 18.7 Å². The first-order chi connectivity index (χ1) is 29.5. The van der Waals surface area contributed by atoms with Gasteiger partial charge in [-0.25, -0.2) is 4.98 Å². The van der Waals surface area contributed by atoms with Crippen molar-refractivity contribution in [3.05, 3.63) is 193 Å². The Kier molecular flexibility index (Phi) is 9.16. The summed E-state index contributed by atoms with van der Waals surface area (Å²) in [5.41, 5.74) is 13.4. The molecule has 1 aliphatic rings. The second-order valence-electron chi connectivity index (χ2n) is 18.0. The molecule has 0 unspecified atom stereocenters. The van der Waals surface area contributed by atoms with E-state index in [2.05, 4.69) is 231 Å². The van der Waals surface area contributed by atoms with Crippen LogP contribution in [0.3, 0.4) is 0 Å². The first kappa shape index (κ1) is 37.9. The molecule has 3 heterocycles. The lowest BCUT2D eigenvalue weighted by Crippen LogP contribution is -2.12. The Balaban J connectivity index is 1.08. The number of hydrogen-bond acceptors (Lipinski definition) is 2. The summed E-state index contributed by atoms with van der Waals surface area (Å²) in [5, 5.41) is 2.33. The van der Waals surface area contributed by atoms with Crippen molar-refractivity contribution in [2.24, 2.45) is 0 Å². The quantitative estimate of drug-likeness (QED) is 0.151. The number of nitrogens with zero attached hydrogens (tertiary/aromatic N) is 4. The van der Waals surface area contributed by atoms with Gasteiger partial charge in [0.05, 0.1) is 22.7 Å². The van der Waals surface area contributed by atoms with Gasteiger partial charge in [0.1, 0.15) is 17.3 Å². The zero-order valence-electron chi connectivity index (χ0n) is 35.5. The van der Waals surface area contributed by atoms with E-state index in [1.54, 1.807) is 0 Å². The van der Waals surface area contributed by atoms with Crippen molar-refractivity contribution in [3.8, 4) is 39.6 Å². The van der Waals surface area contributed by atoms with E-state index in [4.69, 9.17) is 9.72 Å². The molecule has 0 aliphatic carbocycles.